The molecule has 0 amide bonds. The normalized spacial score (nSPS) is 32.8. The molecule has 2 bridgehead atoms. The van der Waals surface area contributed by atoms with Gasteiger partial charge in [-0.15, -0.1) is 0 Å². The van der Waals surface area contributed by atoms with Gasteiger partial charge in [-0.3, -0.25) is 4.57 Å². The van der Waals surface area contributed by atoms with Crippen molar-refractivity contribution in [2.45, 2.75) is 36.7 Å². The SMILES string of the molecule is COP(=O)(OC)C1(O)[C@@H]2CCC[C@@H]1[C@H](c1ccccc1)N[C@@H]2c1ccccc1. The second kappa shape index (κ2) is 7.74. The highest BCUT2D eigenvalue weighted by molar-refractivity contribution is 7.55. The summed E-state index contributed by atoms with van der Waals surface area (Å²) in [5, 5.41) is 14.3. The summed E-state index contributed by atoms with van der Waals surface area (Å²) >= 11 is 0. The minimum absolute atomic E-state index is 0.147. The van der Waals surface area contributed by atoms with Crippen LogP contribution < -0.4 is 5.32 Å². The zero-order chi connectivity index (χ0) is 19.8. The maximum atomic E-state index is 13.7. The monoisotopic (exact) mass is 401 g/mol. The second-order valence-electron chi connectivity index (χ2n) is 7.73. The van der Waals surface area contributed by atoms with Crippen molar-refractivity contribution in [3.8, 4) is 0 Å². The van der Waals surface area contributed by atoms with Gasteiger partial charge in [-0.25, -0.2) is 0 Å². The van der Waals surface area contributed by atoms with Crippen molar-refractivity contribution in [3.05, 3.63) is 71.8 Å². The van der Waals surface area contributed by atoms with Gasteiger partial charge in [0.15, 0.2) is 5.34 Å². The Morgan fingerprint density at radius 3 is 1.71 bits per heavy atom. The van der Waals surface area contributed by atoms with Crippen LogP contribution in [0, 0.1) is 11.8 Å². The number of hydrogen-bond donors (Lipinski definition) is 2. The average Bonchev–Trinajstić information content (AvgIpc) is 2.74. The van der Waals surface area contributed by atoms with Crippen LogP contribution in [0.4, 0.5) is 0 Å². The minimum atomic E-state index is -3.75. The number of fused-ring (bicyclic) bond motifs is 2. The molecule has 1 saturated carbocycles. The summed E-state index contributed by atoms with van der Waals surface area (Å²) in [6.07, 6.45) is 2.50. The van der Waals surface area contributed by atoms with Crippen LogP contribution in [0.25, 0.3) is 0 Å². The third-order valence-electron chi connectivity index (χ3n) is 6.52. The van der Waals surface area contributed by atoms with E-state index in [1.165, 1.54) is 14.2 Å². The Labute approximate surface area is 166 Å². The highest BCUT2D eigenvalue weighted by Gasteiger charge is 2.66. The Morgan fingerprint density at radius 2 is 1.32 bits per heavy atom. The largest absolute Gasteiger partial charge is 0.377 e. The molecule has 4 rings (SSSR count). The van der Waals surface area contributed by atoms with E-state index in [9.17, 15) is 9.67 Å². The summed E-state index contributed by atoms with van der Waals surface area (Å²) in [7, 11) is -1.01. The molecule has 2 N–H and O–H groups in total. The smallest absolute Gasteiger partial charge is 0.362 e. The first-order valence-electron chi connectivity index (χ1n) is 9.85. The van der Waals surface area contributed by atoms with Crippen molar-refractivity contribution in [3.63, 3.8) is 0 Å². The Kier molecular flexibility index (Phi) is 5.47. The zero-order valence-corrected chi connectivity index (χ0v) is 17.2. The van der Waals surface area contributed by atoms with Crippen LogP contribution in [-0.2, 0) is 13.6 Å². The van der Waals surface area contributed by atoms with Crippen molar-refractivity contribution in [2.75, 3.05) is 14.2 Å². The molecule has 1 heterocycles. The molecule has 6 heteroatoms. The van der Waals surface area contributed by atoms with Gasteiger partial charge in [-0.1, -0.05) is 67.1 Å². The topological polar surface area (TPSA) is 67.8 Å². The molecule has 5 nitrogen and oxygen atoms in total. The highest BCUT2D eigenvalue weighted by atomic mass is 31.2. The Morgan fingerprint density at radius 1 is 0.893 bits per heavy atom. The number of aliphatic hydroxyl groups is 1. The van der Waals surface area contributed by atoms with Crippen LogP contribution in [-0.4, -0.2) is 24.7 Å². The molecule has 28 heavy (non-hydrogen) atoms. The van der Waals surface area contributed by atoms with E-state index in [4.69, 9.17) is 9.05 Å². The van der Waals surface area contributed by atoms with E-state index in [-0.39, 0.29) is 23.9 Å². The van der Waals surface area contributed by atoms with Crippen molar-refractivity contribution in [1.29, 1.82) is 0 Å². The Hall–Kier alpha value is -1.49. The summed E-state index contributed by atoms with van der Waals surface area (Å²) in [4.78, 5) is 0. The summed E-state index contributed by atoms with van der Waals surface area (Å²) in [6, 6.07) is 19.9. The van der Waals surface area contributed by atoms with Crippen LogP contribution in [0.1, 0.15) is 42.5 Å². The van der Waals surface area contributed by atoms with Gasteiger partial charge in [0, 0.05) is 38.1 Å². The molecule has 2 aliphatic rings. The Balaban J connectivity index is 1.88. The standard InChI is InChI=1S/C22H28NO4P/c1-26-28(25,27-2)22(24)18-14-9-15-19(22)21(17-12-7-4-8-13-17)23-20(18)16-10-5-3-6-11-16/h3-8,10-13,18-21,23-24H,9,14-15H2,1-2H3/t18-,19-,20-,21+,22?/m1/s1. The summed E-state index contributed by atoms with van der Waals surface area (Å²) in [5.74, 6) is -0.529. The van der Waals surface area contributed by atoms with Gasteiger partial charge in [0.05, 0.1) is 0 Å². The Bertz CT molecular complexity index is 783. The first kappa shape index (κ1) is 19.8. The molecule has 2 aromatic carbocycles. The number of benzene rings is 2. The van der Waals surface area contributed by atoms with Crippen LogP contribution in [0.15, 0.2) is 60.7 Å². The summed E-state index contributed by atoms with van der Waals surface area (Å²) in [5.41, 5.74) is 2.15. The number of hydrogen-bond acceptors (Lipinski definition) is 5. The predicted octanol–water partition coefficient (Wildman–Crippen LogP) is 4.66. The molecule has 2 aromatic rings. The number of piperidine rings is 1. The van der Waals surface area contributed by atoms with E-state index in [1.54, 1.807) is 0 Å². The van der Waals surface area contributed by atoms with Crippen LogP contribution in [0.2, 0.25) is 0 Å². The minimum Gasteiger partial charge on any atom is -0.377 e. The number of rotatable bonds is 5. The average molecular weight is 401 g/mol. The van der Waals surface area contributed by atoms with Crippen molar-refractivity contribution < 1.29 is 18.7 Å². The lowest BCUT2D eigenvalue weighted by Gasteiger charge is -2.57. The predicted molar refractivity (Wildman–Crippen MR) is 109 cm³/mol. The van der Waals surface area contributed by atoms with Gasteiger partial charge < -0.3 is 19.5 Å². The fourth-order valence-electron chi connectivity index (χ4n) is 5.26. The molecule has 1 aliphatic carbocycles. The van der Waals surface area contributed by atoms with Gasteiger partial charge in [-0.05, 0) is 24.0 Å². The first-order chi connectivity index (χ1) is 13.5. The van der Waals surface area contributed by atoms with E-state index in [0.29, 0.717) is 0 Å². The molecule has 0 spiro atoms. The molecular formula is C22H28NO4P. The van der Waals surface area contributed by atoms with Crippen molar-refractivity contribution in [2.24, 2.45) is 11.8 Å². The molecule has 1 saturated heterocycles. The van der Waals surface area contributed by atoms with Gasteiger partial charge in [0.2, 0.25) is 0 Å². The molecule has 0 radical (unpaired) electrons. The summed E-state index contributed by atoms with van der Waals surface area (Å²) < 4.78 is 24.5. The van der Waals surface area contributed by atoms with Gasteiger partial charge in [-0.2, -0.15) is 0 Å². The third-order valence-corrected chi connectivity index (χ3v) is 9.02. The van der Waals surface area contributed by atoms with Gasteiger partial charge >= 0.3 is 7.60 Å². The highest BCUT2D eigenvalue weighted by Crippen LogP contribution is 2.71. The molecule has 0 aromatic heterocycles. The maximum Gasteiger partial charge on any atom is 0.362 e. The van der Waals surface area contributed by atoms with Crippen molar-refractivity contribution >= 4 is 7.60 Å². The third kappa shape index (κ3) is 2.97. The van der Waals surface area contributed by atoms with Crippen molar-refractivity contribution in [1.82, 2.24) is 5.32 Å². The first-order valence-corrected chi connectivity index (χ1v) is 11.4. The molecule has 150 valence electrons. The van der Waals surface area contributed by atoms with Crippen LogP contribution in [0.5, 0.6) is 0 Å². The van der Waals surface area contributed by atoms with E-state index in [1.807, 2.05) is 36.4 Å². The fourth-order valence-corrected chi connectivity index (χ4v) is 7.36. The van der Waals surface area contributed by atoms with Crippen LogP contribution in [0.3, 0.4) is 0 Å². The second-order valence-corrected chi connectivity index (χ2v) is 10.2. The maximum absolute atomic E-state index is 13.7. The van der Waals surface area contributed by atoms with Crippen LogP contribution >= 0.6 is 7.60 Å². The molecule has 5 atom stereocenters. The zero-order valence-electron chi connectivity index (χ0n) is 16.3. The molecule has 2 fully saturated rings. The molecular weight excluding hydrogens is 373 g/mol. The fraction of sp³-hybridized carbons (Fsp3) is 0.455. The molecule has 1 aliphatic heterocycles. The van der Waals surface area contributed by atoms with Gasteiger partial charge in [0.1, 0.15) is 0 Å². The van der Waals surface area contributed by atoms with E-state index in [2.05, 4.69) is 29.6 Å². The summed E-state index contributed by atoms with van der Waals surface area (Å²) in [6.45, 7) is 0. The van der Waals surface area contributed by atoms with Gasteiger partial charge in [0.25, 0.3) is 0 Å². The lowest BCUT2D eigenvalue weighted by molar-refractivity contribution is -0.103. The van der Waals surface area contributed by atoms with E-state index >= 15 is 0 Å². The lowest BCUT2D eigenvalue weighted by Crippen LogP contribution is -2.61. The quantitative estimate of drug-likeness (QED) is 0.713. The lowest BCUT2D eigenvalue weighted by atomic mass is 9.65. The number of nitrogens with one attached hydrogen (secondary N) is 1. The van der Waals surface area contributed by atoms with E-state index < -0.39 is 12.9 Å². The van der Waals surface area contributed by atoms with E-state index in [0.717, 1.165) is 30.4 Å². The molecule has 1 unspecified atom stereocenters.